The van der Waals surface area contributed by atoms with Crippen LogP contribution in [-0.2, 0) is 14.3 Å². The zero-order valence-corrected chi connectivity index (χ0v) is 10.5. The molecule has 1 fully saturated rings. The Morgan fingerprint density at radius 1 is 1.59 bits per heavy atom. The first-order valence-electron chi connectivity index (χ1n) is 5.56. The number of rotatable bonds is 2. The Morgan fingerprint density at radius 2 is 2.29 bits per heavy atom. The van der Waals surface area contributed by atoms with Crippen LogP contribution >= 0.6 is 11.8 Å². The monoisotopic (exact) mass is 256 g/mol. The Labute approximate surface area is 104 Å². The van der Waals surface area contributed by atoms with Gasteiger partial charge in [0.25, 0.3) is 0 Å². The molecule has 0 spiro atoms. The van der Waals surface area contributed by atoms with E-state index in [4.69, 9.17) is 16.2 Å². The van der Waals surface area contributed by atoms with Gasteiger partial charge >= 0.3 is 5.97 Å². The van der Waals surface area contributed by atoms with Crippen molar-refractivity contribution in [2.45, 2.75) is 24.1 Å². The molecule has 1 aliphatic heterocycles. The van der Waals surface area contributed by atoms with Gasteiger partial charge in [0.2, 0.25) is 5.91 Å². The summed E-state index contributed by atoms with van der Waals surface area (Å²) in [4.78, 5) is 23.0. The van der Waals surface area contributed by atoms with E-state index in [9.17, 15) is 9.59 Å². The van der Waals surface area contributed by atoms with E-state index in [1.165, 1.54) is 18.9 Å². The maximum Gasteiger partial charge on any atom is 0.312 e. The smallest absolute Gasteiger partial charge is 0.312 e. The highest BCUT2D eigenvalue weighted by Gasteiger charge is 2.57. The SMILES string of the molecule is COC(=O)C1C2CCCC=C2SC1(N)C(N)=O. The van der Waals surface area contributed by atoms with Crippen molar-refractivity contribution >= 4 is 23.6 Å². The lowest BCUT2D eigenvalue weighted by Crippen LogP contribution is -2.56. The molecule has 3 atom stereocenters. The van der Waals surface area contributed by atoms with Crippen LogP contribution in [0.25, 0.3) is 0 Å². The summed E-state index contributed by atoms with van der Waals surface area (Å²) in [7, 11) is 1.30. The number of methoxy groups -OCH3 is 1. The standard InChI is InChI=1S/C11H16N2O3S/c1-16-9(14)8-6-4-2-3-5-7(6)17-11(8,13)10(12)15/h5-6,8H,2-4,13H2,1H3,(H2,12,15). The number of primary amides is 1. The van der Waals surface area contributed by atoms with Crippen molar-refractivity contribution in [2.75, 3.05) is 7.11 Å². The third kappa shape index (κ3) is 1.85. The number of fused-ring (bicyclic) bond motifs is 1. The number of amides is 1. The van der Waals surface area contributed by atoms with E-state index in [0.717, 1.165) is 24.2 Å². The second-order valence-electron chi connectivity index (χ2n) is 4.40. The minimum atomic E-state index is -1.37. The lowest BCUT2D eigenvalue weighted by atomic mass is 9.80. The molecule has 0 aromatic heterocycles. The van der Waals surface area contributed by atoms with E-state index in [0.29, 0.717) is 0 Å². The zero-order valence-electron chi connectivity index (χ0n) is 9.64. The van der Waals surface area contributed by atoms with Crippen molar-refractivity contribution in [1.82, 2.24) is 0 Å². The largest absolute Gasteiger partial charge is 0.469 e. The van der Waals surface area contributed by atoms with Crippen molar-refractivity contribution in [3.63, 3.8) is 0 Å². The van der Waals surface area contributed by atoms with Gasteiger partial charge in [0.05, 0.1) is 7.11 Å². The molecule has 0 aromatic rings. The van der Waals surface area contributed by atoms with Crippen LogP contribution in [0.3, 0.4) is 0 Å². The van der Waals surface area contributed by atoms with Gasteiger partial charge in [-0.05, 0) is 24.2 Å². The number of carbonyl (C=O) groups excluding carboxylic acids is 2. The molecular formula is C11H16N2O3S. The molecule has 17 heavy (non-hydrogen) atoms. The highest BCUT2D eigenvalue weighted by molar-refractivity contribution is 8.05. The molecule has 0 saturated carbocycles. The van der Waals surface area contributed by atoms with Crippen LogP contribution < -0.4 is 11.5 Å². The summed E-state index contributed by atoms with van der Waals surface area (Å²) in [5.41, 5.74) is 11.4. The predicted molar refractivity (Wildman–Crippen MR) is 64.6 cm³/mol. The van der Waals surface area contributed by atoms with Gasteiger partial charge < -0.3 is 16.2 Å². The molecule has 0 bridgehead atoms. The normalized spacial score (nSPS) is 36.0. The predicted octanol–water partition coefficient (Wildman–Crippen LogP) is 0.347. The minimum absolute atomic E-state index is 0.0151. The second kappa shape index (κ2) is 4.34. The third-order valence-electron chi connectivity index (χ3n) is 3.42. The summed E-state index contributed by atoms with van der Waals surface area (Å²) in [6.07, 6.45) is 4.86. The fourth-order valence-corrected chi connectivity index (χ4v) is 4.04. The average Bonchev–Trinajstić information content (AvgIpc) is 2.61. The number of ether oxygens (including phenoxy) is 1. The Bertz CT molecular complexity index is 396. The zero-order chi connectivity index (χ0) is 12.6. The maximum absolute atomic E-state index is 11.8. The van der Waals surface area contributed by atoms with Crippen molar-refractivity contribution in [3.05, 3.63) is 11.0 Å². The molecule has 5 nitrogen and oxygen atoms in total. The van der Waals surface area contributed by atoms with E-state index in [2.05, 4.69) is 0 Å². The topological polar surface area (TPSA) is 95.4 Å². The second-order valence-corrected chi connectivity index (χ2v) is 5.76. The van der Waals surface area contributed by atoms with Crippen LogP contribution in [0, 0.1) is 11.8 Å². The quantitative estimate of drug-likeness (QED) is 0.695. The van der Waals surface area contributed by atoms with E-state index in [1.807, 2.05) is 6.08 Å². The summed E-state index contributed by atoms with van der Waals surface area (Å²) in [5.74, 6) is -1.79. The summed E-state index contributed by atoms with van der Waals surface area (Å²) < 4.78 is 4.76. The summed E-state index contributed by atoms with van der Waals surface area (Å²) in [6.45, 7) is 0. The van der Waals surface area contributed by atoms with Crippen molar-refractivity contribution < 1.29 is 14.3 Å². The molecule has 6 heteroatoms. The first-order valence-corrected chi connectivity index (χ1v) is 6.38. The lowest BCUT2D eigenvalue weighted by molar-refractivity contribution is -0.150. The summed E-state index contributed by atoms with van der Waals surface area (Å²) in [5, 5.41) is 0. The molecule has 2 rings (SSSR count). The number of carbonyl (C=O) groups is 2. The molecule has 1 saturated heterocycles. The number of hydrogen-bond acceptors (Lipinski definition) is 5. The maximum atomic E-state index is 11.8. The number of thioether (sulfide) groups is 1. The Kier molecular flexibility index (Phi) is 3.18. The van der Waals surface area contributed by atoms with E-state index < -0.39 is 22.7 Å². The first kappa shape index (κ1) is 12.4. The molecule has 2 aliphatic rings. The first-order chi connectivity index (χ1) is 8.00. The van der Waals surface area contributed by atoms with Crippen LogP contribution in [0.2, 0.25) is 0 Å². The van der Waals surface area contributed by atoms with E-state index in [-0.39, 0.29) is 5.92 Å². The molecule has 0 radical (unpaired) electrons. The van der Waals surface area contributed by atoms with Gasteiger partial charge in [-0.15, -0.1) is 0 Å². The van der Waals surface area contributed by atoms with Gasteiger partial charge in [0.1, 0.15) is 5.92 Å². The number of nitrogens with two attached hydrogens (primary N) is 2. The summed E-state index contributed by atoms with van der Waals surface area (Å²) in [6, 6.07) is 0. The Balaban J connectivity index is 2.41. The van der Waals surface area contributed by atoms with Crippen molar-refractivity contribution in [3.8, 4) is 0 Å². The molecule has 3 unspecified atom stereocenters. The molecule has 4 N–H and O–H groups in total. The fourth-order valence-electron chi connectivity index (χ4n) is 2.55. The summed E-state index contributed by atoms with van der Waals surface area (Å²) >= 11 is 1.22. The molecule has 0 aromatic carbocycles. The van der Waals surface area contributed by atoms with Crippen LogP contribution in [0.15, 0.2) is 11.0 Å². The molecule has 1 amide bonds. The number of hydrogen-bond donors (Lipinski definition) is 2. The van der Waals surface area contributed by atoms with Crippen LogP contribution in [0.4, 0.5) is 0 Å². The minimum Gasteiger partial charge on any atom is -0.469 e. The number of esters is 1. The number of allylic oxidation sites excluding steroid dienone is 2. The van der Waals surface area contributed by atoms with Crippen molar-refractivity contribution in [2.24, 2.45) is 23.3 Å². The lowest BCUT2D eigenvalue weighted by Gasteiger charge is -2.27. The van der Waals surface area contributed by atoms with Gasteiger partial charge in [-0.3, -0.25) is 9.59 Å². The van der Waals surface area contributed by atoms with Gasteiger partial charge in [-0.2, -0.15) is 0 Å². The van der Waals surface area contributed by atoms with Gasteiger partial charge in [0.15, 0.2) is 4.87 Å². The van der Waals surface area contributed by atoms with Gasteiger partial charge in [-0.25, -0.2) is 0 Å². The molecular weight excluding hydrogens is 240 g/mol. The van der Waals surface area contributed by atoms with E-state index >= 15 is 0 Å². The van der Waals surface area contributed by atoms with Crippen LogP contribution in [-0.4, -0.2) is 23.9 Å². The van der Waals surface area contributed by atoms with Gasteiger partial charge in [-0.1, -0.05) is 17.8 Å². The van der Waals surface area contributed by atoms with Crippen molar-refractivity contribution in [1.29, 1.82) is 0 Å². The molecule has 1 heterocycles. The average molecular weight is 256 g/mol. The van der Waals surface area contributed by atoms with E-state index in [1.54, 1.807) is 0 Å². The van der Waals surface area contributed by atoms with Gasteiger partial charge in [0, 0.05) is 5.92 Å². The molecule has 94 valence electrons. The highest BCUT2D eigenvalue weighted by atomic mass is 32.2. The van der Waals surface area contributed by atoms with Crippen LogP contribution in [0.1, 0.15) is 19.3 Å². The van der Waals surface area contributed by atoms with Crippen LogP contribution in [0.5, 0.6) is 0 Å². The highest BCUT2D eigenvalue weighted by Crippen LogP contribution is 2.54. The third-order valence-corrected chi connectivity index (χ3v) is 4.92. The Morgan fingerprint density at radius 3 is 2.88 bits per heavy atom. The fraction of sp³-hybridized carbons (Fsp3) is 0.636. The molecule has 1 aliphatic carbocycles. The Hall–Kier alpha value is -1.01.